The van der Waals surface area contributed by atoms with Crippen LogP contribution in [-0.2, 0) is 7.05 Å². The maximum Gasteiger partial charge on any atom is 0.319 e. The molecule has 2 rings (SSSR count). The highest BCUT2D eigenvalue weighted by Crippen LogP contribution is 2.27. The number of aromatic nitrogens is 1. The number of aryl methyl sites for hydroxylation is 2. The molecule has 5 nitrogen and oxygen atoms in total. The molecule has 2 amide bonds. The third kappa shape index (κ3) is 4.72. The molecule has 1 unspecified atom stereocenters. The zero-order valence-electron chi connectivity index (χ0n) is 15.4. The molecule has 0 aliphatic heterocycles. The summed E-state index contributed by atoms with van der Waals surface area (Å²) in [7, 11) is 1.67. The van der Waals surface area contributed by atoms with E-state index in [-0.39, 0.29) is 17.6 Å². The van der Waals surface area contributed by atoms with Crippen LogP contribution in [0.5, 0.6) is 0 Å². The lowest BCUT2D eigenvalue weighted by Crippen LogP contribution is -2.36. The maximum atomic E-state index is 12.6. The van der Waals surface area contributed by atoms with Crippen LogP contribution in [0, 0.1) is 12.8 Å². The molecule has 2 N–H and O–H groups in total. The Kier molecular flexibility index (Phi) is 6.39. The van der Waals surface area contributed by atoms with Crippen LogP contribution in [0.15, 0.2) is 47.4 Å². The molecule has 134 valence electrons. The smallest absolute Gasteiger partial charge is 0.319 e. The first-order chi connectivity index (χ1) is 12.0. The number of pyridine rings is 1. The van der Waals surface area contributed by atoms with Crippen molar-refractivity contribution in [1.29, 1.82) is 0 Å². The van der Waals surface area contributed by atoms with Gasteiger partial charge in [0, 0.05) is 19.3 Å². The predicted molar refractivity (Wildman–Crippen MR) is 102 cm³/mol. The highest BCUT2D eigenvalue weighted by atomic mass is 16.2. The highest BCUT2D eigenvalue weighted by Gasteiger charge is 2.22. The number of benzene rings is 1. The molecule has 1 atom stereocenters. The zero-order valence-corrected chi connectivity index (χ0v) is 15.4. The number of carbonyl (C=O) groups is 1. The van der Waals surface area contributed by atoms with Crippen molar-refractivity contribution in [3.63, 3.8) is 0 Å². The van der Waals surface area contributed by atoms with E-state index in [1.165, 1.54) is 10.6 Å². The molecular weight excluding hydrogens is 314 g/mol. The minimum atomic E-state index is -0.262. The number of amides is 2. The van der Waals surface area contributed by atoms with Gasteiger partial charge in [-0.05, 0) is 24.0 Å². The average molecular weight is 341 g/mol. The van der Waals surface area contributed by atoms with E-state index in [2.05, 4.69) is 24.5 Å². The van der Waals surface area contributed by atoms with Gasteiger partial charge in [0.2, 0.25) is 0 Å². The second-order valence-electron chi connectivity index (χ2n) is 6.38. The van der Waals surface area contributed by atoms with E-state index in [0.29, 0.717) is 11.6 Å². The summed E-state index contributed by atoms with van der Waals surface area (Å²) in [5.41, 5.74) is 2.39. The second-order valence-corrected chi connectivity index (χ2v) is 6.38. The number of nitrogens with zero attached hydrogens (tertiary/aromatic N) is 1. The van der Waals surface area contributed by atoms with Crippen LogP contribution in [0.3, 0.4) is 0 Å². The Morgan fingerprint density at radius 1 is 1.16 bits per heavy atom. The second kappa shape index (κ2) is 8.51. The summed E-state index contributed by atoms with van der Waals surface area (Å²) in [6, 6.07) is 11.2. The van der Waals surface area contributed by atoms with Crippen LogP contribution in [0.4, 0.5) is 10.5 Å². The Morgan fingerprint density at radius 3 is 2.40 bits per heavy atom. The third-order valence-electron chi connectivity index (χ3n) is 4.65. The summed E-state index contributed by atoms with van der Waals surface area (Å²) >= 11 is 0. The first-order valence-corrected chi connectivity index (χ1v) is 8.76. The van der Waals surface area contributed by atoms with Gasteiger partial charge in [0.1, 0.15) is 0 Å². The van der Waals surface area contributed by atoms with Crippen molar-refractivity contribution >= 4 is 11.7 Å². The van der Waals surface area contributed by atoms with Crippen LogP contribution in [0.1, 0.15) is 43.9 Å². The van der Waals surface area contributed by atoms with E-state index in [1.807, 2.05) is 37.3 Å². The topological polar surface area (TPSA) is 63.1 Å². The molecule has 5 heteroatoms. The monoisotopic (exact) mass is 341 g/mol. The van der Waals surface area contributed by atoms with Gasteiger partial charge in [-0.15, -0.1) is 0 Å². The lowest BCUT2D eigenvalue weighted by atomic mass is 9.89. The summed E-state index contributed by atoms with van der Waals surface area (Å²) in [4.78, 5) is 24.2. The van der Waals surface area contributed by atoms with Gasteiger partial charge in [-0.1, -0.05) is 57.0 Å². The standard InChI is InChI=1S/C20H27N3O2/c1-5-15(6-2)19(16-10-8-7-9-11-16)22-20(25)21-17-13-23(4)18(24)12-14(17)3/h7-13,15,19H,5-6H2,1-4H3,(H2,21,22,25). The van der Waals surface area contributed by atoms with E-state index < -0.39 is 0 Å². The summed E-state index contributed by atoms with van der Waals surface area (Å²) in [6.45, 7) is 6.09. The van der Waals surface area contributed by atoms with E-state index >= 15 is 0 Å². The largest absolute Gasteiger partial charge is 0.331 e. The van der Waals surface area contributed by atoms with Crippen molar-refractivity contribution in [2.24, 2.45) is 13.0 Å². The van der Waals surface area contributed by atoms with Crippen molar-refractivity contribution in [3.8, 4) is 0 Å². The minimum Gasteiger partial charge on any atom is -0.331 e. The maximum absolute atomic E-state index is 12.6. The van der Waals surface area contributed by atoms with Crippen molar-refractivity contribution in [3.05, 3.63) is 64.1 Å². The Hall–Kier alpha value is -2.56. The van der Waals surface area contributed by atoms with Crippen molar-refractivity contribution < 1.29 is 4.79 Å². The Morgan fingerprint density at radius 2 is 1.80 bits per heavy atom. The number of urea groups is 1. The van der Waals surface area contributed by atoms with E-state index in [4.69, 9.17) is 0 Å². The lowest BCUT2D eigenvalue weighted by molar-refractivity contribution is 0.241. The summed E-state index contributed by atoms with van der Waals surface area (Å²) in [5, 5.41) is 5.98. The molecule has 1 aromatic carbocycles. The van der Waals surface area contributed by atoms with Gasteiger partial charge in [0.15, 0.2) is 0 Å². The fraction of sp³-hybridized carbons (Fsp3) is 0.400. The highest BCUT2D eigenvalue weighted by molar-refractivity contribution is 5.90. The fourth-order valence-corrected chi connectivity index (χ4v) is 3.05. The Balaban J connectivity index is 2.20. The Bertz CT molecular complexity index is 764. The van der Waals surface area contributed by atoms with Crippen LogP contribution >= 0.6 is 0 Å². The number of hydrogen-bond acceptors (Lipinski definition) is 2. The molecule has 0 saturated heterocycles. The van der Waals surface area contributed by atoms with Gasteiger partial charge in [0.25, 0.3) is 5.56 Å². The van der Waals surface area contributed by atoms with Crippen molar-refractivity contribution in [2.75, 3.05) is 5.32 Å². The van der Waals surface area contributed by atoms with Crippen LogP contribution in [0.2, 0.25) is 0 Å². The first-order valence-electron chi connectivity index (χ1n) is 8.76. The number of hydrogen-bond donors (Lipinski definition) is 2. The van der Waals surface area contributed by atoms with Gasteiger partial charge < -0.3 is 15.2 Å². The molecule has 25 heavy (non-hydrogen) atoms. The van der Waals surface area contributed by atoms with Gasteiger partial charge in [-0.2, -0.15) is 0 Å². The molecule has 0 fully saturated rings. The molecule has 0 radical (unpaired) electrons. The summed E-state index contributed by atoms with van der Waals surface area (Å²) < 4.78 is 1.46. The third-order valence-corrected chi connectivity index (χ3v) is 4.65. The van der Waals surface area contributed by atoms with Crippen LogP contribution in [0.25, 0.3) is 0 Å². The van der Waals surface area contributed by atoms with Gasteiger partial charge in [-0.3, -0.25) is 4.79 Å². The summed E-state index contributed by atoms with van der Waals surface area (Å²) in [5.74, 6) is 0.356. The fourth-order valence-electron chi connectivity index (χ4n) is 3.05. The van der Waals surface area contributed by atoms with Crippen LogP contribution < -0.4 is 16.2 Å². The molecule has 1 heterocycles. The molecule has 2 aromatic rings. The molecular formula is C20H27N3O2. The number of rotatable bonds is 6. The number of nitrogens with one attached hydrogen (secondary N) is 2. The first kappa shape index (κ1) is 18.8. The molecule has 0 bridgehead atoms. The molecule has 0 aliphatic carbocycles. The lowest BCUT2D eigenvalue weighted by Gasteiger charge is -2.27. The zero-order chi connectivity index (χ0) is 18.4. The predicted octanol–water partition coefficient (Wildman–Crippen LogP) is 3.99. The molecule has 0 saturated carbocycles. The van der Waals surface area contributed by atoms with Gasteiger partial charge in [0.05, 0.1) is 11.7 Å². The van der Waals surface area contributed by atoms with Gasteiger partial charge in [-0.25, -0.2) is 4.79 Å². The molecule has 0 spiro atoms. The quantitative estimate of drug-likeness (QED) is 0.834. The van der Waals surface area contributed by atoms with Crippen molar-refractivity contribution in [1.82, 2.24) is 9.88 Å². The number of anilines is 1. The molecule has 0 aliphatic rings. The van der Waals surface area contributed by atoms with Gasteiger partial charge >= 0.3 is 6.03 Å². The summed E-state index contributed by atoms with van der Waals surface area (Å²) in [6.07, 6.45) is 3.61. The van der Waals surface area contributed by atoms with E-state index in [1.54, 1.807) is 13.2 Å². The molecule has 1 aromatic heterocycles. The number of carbonyl (C=O) groups excluding carboxylic acids is 1. The van der Waals surface area contributed by atoms with Crippen LogP contribution in [-0.4, -0.2) is 10.6 Å². The SMILES string of the molecule is CCC(CC)C(NC(=O)Nc1cn(C)c(=O)cc1C)c1ccccc1. The van der Waals surface area contributed by atoms with Crippen molar-refractivity contribution in [2.45, 2.75) is 39.7 Å². The van der Waals surface area contributed by atoms with E-state index in [9.17, 15) is 9.59 Å². The Labute approximate surface area is 149 Å². The minimum absolute atomic E-state index is 0.0518. The van der Waals surface area contributed by atoms with E-state index in [0.717, 1.165) is 24.0 Å². The normalized spacial score (nSPS) is 12.0. The average Bonchev–Trinajstić information content (AvgIpc) is 2.60.